The Morgan fingerprint density at radius 3 is 2.52 bits per heavy atom. The number of sulfone groups is 1. The molecule has 2 rings (SSSR count). The normalized spacial score (nSPS) is 21.8. The van der Waals surface area contributed by atoms with Gasteiger partial charge in [-0.15, -0.1) is 0 Å². The molecule has 1 aromatic carbocycles. The largest absolute Gasteiger partial charge is 0.398 e. The summed E-state index contributed by atoms with van der Waals surface area (Å²) < 4.78 is 49.3. The summed E-state index contributed by atoms with van der Waals surface area (Å²) in [4.78, 5) is -0.0981. The topological polar surface area (TPSA) is 97.5 Å². The zero-order chi connectivity index (χ0) is 16.0. The third-order valence-electron chi connectivity index (χ3n) is 3.70. The van der Waals surface area contributed by atoms with Crippen LogP contribution in [0.4, 0.5) is 5.69 Å². The predicted octanol–water partition coefficient (Wildman–Crippen LogP) is 1.04. The molecular formula is C12H17ClN2O4S2. The number of nitrogens with two attached hydrogens (primary N) is 1. The standard InChI is InChI=1S/C12H17ClN2O4S2/c1-8-5-10(13)12(6-11(8)14)21(18,19)15(2)9-3-4-20(16,17)7-9/h5-6,9H,3-4,7,14H2,1-2H3. The molecule has 1 aromatic rings. The fourth-order valence-electron chi connectivity index (χ4n) is 2.28. The highest BCUT2D eigenvalue weighted by molar-refractivity contribution is 7.92. The van der Waals surface area contributed by atoms with E-state index >= 15 is 0 Å². The average molecular weight is 353 g/mol. The van der Waals surface area contributed by atoms with E-state index in [9.17, 15) is 16.8 Å². The van der Waals surface area contributed by atoms with Crippen molar-refractivity contribution < 1.29 is 16.8 Å². The molecule has 6 nitrogen and oxygen atoms in total. The Morgan fingerprint density at radius 2 is 2.00 bits per heavy atom. The number of anilines is 1. The second-order valence-electron chi connectivity index (χ2n) is 5.22. The maximum absolute atomic E-state index is 12.6. The maximum Gasteiger partial charge on any atom is 0.244 e. The molecule has 1 saturated heterocycles. The van der Waals surface area contributed by atoms with Crippen molar-refractivity contribution in [3.63, 3.8) is 0 Å². The first kappa shape index (κ1) is 16.5. The zero-order valence-corrected chi connectivity index (χ0v) is 14.1. The highest BCUT2D eigenvalue weighted by Crippen LogP contribution is 2.31. The van der Waals surface area contributed by atoms with Gasteiger partial charge in [0.15, 0.2) is 9.84 Å². The number of nitrogens with zero attached hydrogens (tertiary/aromatic N) is 1. The van der Waals surface area contributed by atoms with Crippen molar-refractivity contribution in [3.8, 4) is 0 Å². The van der Waals surface area contributed by atoms with E-state index in [1.807, 2.05) is 0 Å². The van der Waals surface area contributed by atoms with E-state index in [4.69, 9.17) is 17.3 Å². The fraction of sp³-hybridized carbons (Fsp3) is 0.500. The molecule has 1 unspecified atom stereocenters. The summed E-state index contributed by atoms with van der Waals surface area (Å²) in [5, 5.41) is 0.0782. The summed E-state index contributed by atoms with van der Waals surface area (Å²) in [6, 6.07) is 2.23. The minimum absolute atomic E-state index is 0.00129. The molecule has 0 radical (unpaired) electrons. The number of halogens is 1. The number of aryl methyl sites for hydroxylation is 1. The second kappa shape index (κ2) is 5.42. The Kier molecular flexibility index (Phi) is 4.27. The third-order valence-corrected chi connectivity index (χ3v) is 7.83. The van der Waals surface area contributed by atoms with Gasteiger partial charge in [-0.05, 0) is 31.0 Å². The highest BCUT2D eigenvalue weighted by Gasteiger charge is 2.37. The van der Waals surface area contributed by atoms with Crippen LogP contribution in [-0.4, -0.2) is 45.7 Å². The molecular weight excluding hydrogens is 336 g/mol. The van der Waals surface area contributed by atoms with Crippen LogP contribution in [0.25, 0.3) is 0 Å². The van der Waals surface area contributed by atoms with Crippen LogP contribution >= 0.6 is 11.6 Å². The van der Waals surface area contributed by atoms with Crippen molar-refractivity contribution in [1.82, 2.24) is 4.31 Å². The van der Waals surface area contributed by atoms with Crippen LogP contribution in [-0.2, 0) is 19.9 Å². The quantitative estimate of drug-likeness (QED) is 0.819. The molecule has 0 saturated carbocycles. The Labute approximate surface area is 129 Å². The number of sulfonamides is 1. The van der Waals surface area contributed by atoms with Crippen LogP contribution in [0.5, 0.6) is 0 Å². The molecule has 1 aliphatic rings. The number of hydrogen-bond donors (Lipinski definition) is 1. The van der Waals surface area contributed by atoms with Crippen LogP contribution in [0.1, 0.15) is 12.0 Å². The number of hydrogen-bond acceptors (Lipinski definition) is 5. The van der Waals surface area contributed by atoms with Gasteiger partial charge in [-0.25, -0.2) is 16.8 Å². The molecule has 118 valence electrons. The van der Waals surface area contributed by atoms with E-state index < -0.39 is 25.9 Å². The lowest BCUT2D eigenvalue weighted by atomic mass is 10.2. The second-order valence-corrected chi connectivity index (χ2v) is 9.82. The van der Waals surface area contributed by atoms with Gasteiger partial charge < -0.3 is 5.73 Å². The first-order valence-corrected chi connectivity index (χ1v) is 9.92. The van der Waals surface area contributed by atoms with Crippen molar-refractivity contribution in [3.05, 3.63) is 22.7 Å². The van der Waals surface area contributed by atoms with Gasteiger partial charge in [-0.2, -0.15) is 4.31 Å². The SMILES string of the molecule is Cc1cc(Cl)c(S(=O)(=O)N(C)C2CCS(=O)(=O)C2)cc1N. The molecule has 0 spiro atoms. The van der Waals surface area contributed by atoms with Crippen molar-refractivity contribution in [1.29, 1.82) is 0 Å². The predicted molar refractivity (Wildman–Crippen MR) is 82.6 cm³/mol. The number of benzene rings is 1. The summed E-state index contributed by atoms with van der Waals surface area (Å²) in [6.45, 7) is 1.73. The maximum atomic E-state index is 12.6. The van der Waals surface area contributed by atoms with Gasteiger partial charge in [-0.3, -0.25) is 0 Å². The van der Waals surface area contributed by atoms with Crippen LogP contribution in [0.2, 0.25) is 5.02 Å². The summed E-state index contributed by atoms with van der Waals surface area (Å²) in [6.07, 6.45) is 0.289. The third kappa shape index (κ3) is 3.18. The van der Waals surface area contributed by atoms with Gasteiger partial charge in [0, 0.05) is 18.8 Å². The molecule has 21 heavy (non-hydrogen) atoms. The Hall–Kier alpha value is -0.830. The number of rotatable bonds is 3. The van der Waals surface area contributed by atoms with Crippen LogP contribution in [0.15, 0.2) is 17.0 Å². The van der Waals surface area contributed by atoms with E-state index in [0.29, 0.717) is 11.3 Å². The molecule has 1 aliphatic heterocycles. The van der Waals surface area contributed by atoms with Gasteiger partial charge in [0.25, 0.3) is 0 Å². The van der Waals surface area contributed by atoms with E-state index in [1.54, 1.807) is 6.92 Å². The van der Waals surface area contributed by atoms with E-state index in [-0.39, 0.29) is 27.8 Å². The molecule has 2 N–H and O–H groups in total. The van der Waals surface area contributed by atoms with Gasteiger partial charge in [0.1, 0.15) is 4.90 Å². The smallest absolute Gasteiger partial charge is 0.244 e. The first-order chi connectivity index (χ1) is 9.54. The van der Waals surface area contributed by atoms with Crippen molar-refractivity contribution in [2.75, 3.05) is 24.3 Å². The zero-order valence-electron chi connectivity index (χ0n) is 11.7. The summed E-state index contributed by atoms with van der Waals surface area (Å²) in [5.41, 5.74) is 6.76. The van der Waals surface area contributed by atoms with Crippen LogP contribution < -0.4 is 5.73 Å². The minimum Gasteiger partial charge on any atom is -0.398 e. The highest BCUT2D eigenvalue weighted by atomic mass is 35.5. The molecule has 0 bridgehead atoms. The van der Waals surface area contributed by atoms with E-state index in [0.717, 1.165) is 4.31 Å². The monoisotopic (exact) mass is 352 g/mol. The summed E-state index contributed by atoms with van der Waals surface area (Å²) in [7, 11) is -5.69. The summed E-state index contributed by atoms with van der Waals surface area (Å²) >= 11 is 6.01. The lowest BCUT2D eigenvalue weighted by molar-refractivity contribution is 0.394. The molecule has 1 heterocycles. The fourth-order valence-corrected chi connectivity index (χ4v) is 6.12. The van der Waals surface area contributed by atoms with Gasteiger partial charge in [0.05, 0.1) is 16.5 Å². The lowest BCUT2D eigenvalue weighted by Crippen LogP contribution is -2.38. The van der Waals surface area contributed by atoms with E-state index in [2.05, 4.69) is 0 Å². The van der Waals surface area contributed by atoms with Crippen LogP contribution in [0.3, 0.4) is 0 Å². The molecule has 0 aromatic heterocycles. The number of nitrogen functional groups attached to an aromatic ring is 1. The molecule has 1 fully saturated rings. The first-order valence-electron chi connectivity index (χ1n) is 6.28. The van der Waals surface area contributed by atoms with Crippen molar-refractivity contribution in [2.45, 2.75) is 24.3 Å². The van der Waals surface area contributed by atoms with Gasteiger partial charge in [0.2, 0.25) is 10.0 Å². The average Bonchev–Trinajstić information content (AvgIpc) is 2.73. The Morgan fingerprint density at radius 1 is 1.38 bits per heavy atom. The molecule has 0 amide bonds. The molecule has 1 atom stereocenters. The van der Waals surface area contributed by atoms with Crippen molar-refractivity contribution in [2.24, 2.45) is 0 Å². The Balaban J connectivity index is 2.41. The lowest BCUT2D eigenvalue weighted by Gasteiger charge is -2.23. The molecule has 0 aliphatic carbocycles. The van der Waals surface area contributed by atoms with Crippen LogP contribution in [0, 0.1) is 6.92 Å². The minimum atomic E-state index is -3.89. The van der Waals surface area contributed by atoms with Crippen molar-refractivity contribution >= 4 is 37.1 Å². The van der Waals surface area contributed by atoms with Gasteiger partial charge in [-0.1, -0.05) is 11.6 Å². The van der Waals surface area contributed by atoms with E-state index in [1.165, 1.54) is 19.2 Å². The molecule has 9 heteroatoms. The van der Waals surface area contributed by atoms with Gasteiger partial charge >= 0.3 is 0 Å². The summed E-state index contributed by atoms with van der Waals surface area (Å²) in [5.74, 6) is -0.164. The Bertz CT molecular complexity index is 775.